The van der Waals surface area contributed by atoms with Crippen molar-refractivity contribution in [3.63, 3.8) is 0 Å². The average molecular weight is 320 g/mol. The third-order valence-corrected chi connectivity index (χ3v) is 5.83. The summed E-state index contributed by atoms with van der Waals surface area (Å²) in [4.78, 5) is 1.03. The van der Waals surface area contributed by atoms with Gasteiger partial charge in [0.1, 0.15) is 4.21 Å². The van der Waals surface area contributed by atoms with Crippen LogP contribution in [-0.2, 0) is 16.4 Å². The van der Waals surface area contributed by atoms with Gasteiger partial charge in [0.15, 0.2) is 0 Å². The summed E-state index contributed by atoms with van der Waals surface area (Å²) in [6.45, 7) is 2.22. The first-order valence-electron chi connectivity index (χ1n) is 6.46. The van der Waals surface area contributed by atoms with Gasteiger partial charge in [-0.1, -0.05) is 30.9 Å². The lowest BCUT2D eigenvalue weighted by Crippen LogP contribution is -2.12. The zero-order valence-electron chi connectivity index (χ0n) is 11.6. The van der Waals surface area contributed by atoms with Crippen molar-refractivity contribution in [1.82, 2.24) is 0 Å². The van der Waals surface area contributed by atoms with E-state index in [1.165, 1.54) is 11.3 Å². The minimum atomic E-state index is -3.58. The number of para-hydroxylation sites is 1. The van der Waals surface area contributed by atoms with Gasteiger partial charge in [0.2, 0.25) is 0 Å². The summed E-state index contributed by atoms with van der Waals surface area (Å²) in [5.41, 5.74) is 6.43. The van der Waals surface area contributed by atoms with E-state index < -0.39 is 10.0 Å². The number of benzene rings is 1. The molecule has 1 aromatic heterocycles. The van der Waals surface area contributed by atoms with Crippen molar-refractivity contribution in [3.8, 4) is 11.8 Å². The van der Waals surface area contributed by atoms with E-state index in [1.54, 1.807) is 30.3 Å². The van der Waals surface area contributed by atoms with Crippen LogP contribution in [0.4, 0.5) is 5.69 Å². The molecule has 3 N–H and O–H groups in total. The molecule has 0 fully saturated rings. The number of hydrogen-bond acceptors (Lipinski definition) is 4. The molecule has 2 aromatic rings. The molecule has 0 atom stereocenters. The van der Waals surface area contributed by atoms with Gasteiger partial charge in [0, 0.05) is 10.4 Å². The normalized spacial score (nSPS) is 10.8. The summed E-state index contributed by atoms with van der Waals surface area (Å²) in [6, 6.07) is 10.5. The Balaban J connectivity index is 2.32. The molecule has 2 rings (SSSR count). The second-order valence-corrected chi connectivity index (χ2v) is 7.31. The minimum Gasteiger partial charge on any atom is -0.320 e. The van der Waals surface area contributed by atoms with Crippen LogP contribution in [0.25, 0.3) is 0 Å². The molecule has 0 saturated carbocycles. The van der Waals surface area contributed by atoms with E-state index in [0.29, 0.717) is 15.5 Å². The van der Waals surface area contributed by atoms with Gasteiger partial charge in [-0.3, -0.25) is 4.72 Å². The fraction of sp³-hybridized carbons (Fsp3) is 0.200. The molecule has 0 aliphatic rings. The minimum absolute atomic E-state index is 0.228. The van der Waals surface area contributed by atoms with E-state index in [0.717, 1.165) is 11.3 Å². The summed E-state index contributed by atoms with van der Waals surface area (Å²) in [6.07, 6.45) is 0.818. The number of rotatable bonds is 4. The number of anilines is 1. The van der Waals surface area contributed by atoms with Crippen molar-refractivity contribution in [1.29, 1.82) is 0 Å². The molecule has 0 aliphatic carbocycles. The number of aryl methyl sites for hydroxylation is 1. The molecule has 110 valence electrons. The van der Waals surface area contributed by atoms with Crippen LogP contribution < -0.4 is 10.5 Å². The Morgan fingerprint density at radius 1 is 1.24 bits per heavy atom. The predicted molar refractivity (Wildman–Crippen MR) is 86.9 cm³/mol. The maximum absolute atomic E-state index is 12.4. The molecule has 0 radical (unpaired) electrons. The maximum atomic E-state index is 12.4. The molecule has 0 spiro atoms. The number of thiophene rings is 1. The zero-order chi connectivity index (χ0) is 15.3. The average Bonchev–Trinajstić information content (AvgIpc) is 2.96. The molecule has 21 heavy (non-hydrogen) atoms. The molecule has 0 bridgehead atoms. The second kappa shape index (κ2) is 6.76. The summed E-state index contributed by atoms with van der Waals surface area (Å²) in [7, 11) is -3.58. The van der Waals surface area contributed by atoms with Gasteiger partial charge in [-0.25, -0.2) is 8.42 Å². The van der Waals surface area contributed by atoms with Gasteiger partial charge in [-0.15, -0.1) is 11.3 Å². The van der Waals surface area contributed by atoms with Crippen molar-refractivity contribution in [2.45, 2.75) is 17.6 Å². The summed E-state index contributed by atoms with van der Waals surface area (Å²) in [5, 5.41) is 0. The Bertz CT molecular complexity index is 783. The Morgan fingerprint density at radius 3 is 2.67 bits per heavy atom. The van der Waals surface area contributed by atoms with Gasteiger partial charge in [-0.2, -0.15) is 0 Å². The zero-order valence-corrected chi connectivity index (χ0v) is 13.2. The Kier molecular flexibility index (Phi) is 5.02. The van der Waals surface area contributed by atoms with Crippen LogP contribution in [0.5, 0.6) is 0 Å². The van der Waals surface area contributed by atoms with E-state index in [2.05, 4.69) is 16.6 Å². The van der Waals surface area contributed by atoms with E-state index in [4.69, 9.17) is 5.73 Å². The molecule has 0 unspecified atom stereocenters. The van der Waals surface area contributed by atoms with Crippen LogP contribution in [0.15, 0.2) is 40.6 Å². The Morgan fingerprint density at radius 2 is 2.00 bits per heavy atom. The van der Waals surface area contributed by atoms with E-state index in [-0.39, 0.29) is 6.54 Å². The van der Waals surface area contributed by atoms with Crippen molar-refractivity contribution < 1.29 is 8.42 Å². The predicted octanol–water partition coefficient (Wildman–Crippen LogP) is 2.42. The molecule has 1 aromatic carbocycles. The molecule has 0 saturated heterocycles. The van der Waals surface area contributed by atoms with Crippen molar-refractivity contribution in [2.75, 3.05) is 11.3 Å². The van der Waals surface area contributed by atoms with Crippen molar-refractivity contribution in [2.24, 2.45) is 5.73 Å². The fourth-order valence-corrected chi connectivity index (χ4v) is 4.09. The van der Waals surface area contributed by atoms with Crippen LogP contribution in [-0.4, -0.2) is 15.0 Å². The van der Waals surface area contributed by atoms with Crippen LogP contribution in [0, 0.1) is 11.8 Å². The number of nitrogens with one attached hydrogen (secondary N) is 1. The monoisotopic (exact) mass is 320 g/mol. The first-order valence-corrected chi connectivity index (χ1v) is 8.76. The summed E-state index contributed by atoms with van der Waals surface area (Å²) < 4.78 is 27.7. The van der Waals surface area contributed by atoms with Crippen LogP contribution in [0.3, 0.4) is 0 Å². The van der Waals surface area contributed by atoms with E-state index in [9.17, 15) is 8.42 Å². The van der Waals surface area contributed by atoms with Gasteiger partial charge < -0.3 is 5.73 Å². The van der Waals surface area contributed by atoms with E-state index in [1.807, 2.05) is 13.0 Å². The highest BCUT2D eigenvalue weighted by atomic mass is 32.2. The first-order chi connectivity index (χ1) is 10.1. The lowest BCUT2D eigenvalue weighted by atomic mass is 10.2. The number of sulfonamides is 1. The molecule has 4 nitrogen and oxygen atoms in total. The maximum Gasteiger partial charge on any atom is 0.271 e. The molecule has 6 heteroatoms. The Labute approximate surface area is 129 Å². The standard InChI is InChI=1S/C15H16N2O2S2/c1-2-13-9-10-15(20-13)21(18,19)17-14-8-4-3-6-12(14)7-5-11-16/h3-4,6,8-10,17H,2,11,16H2,1H3. The molecule has 1 heterocycles. The van der Waals surface area contributed by atoms with Gasteiger partial charge in [0.25, 0.3) is 10.0 Å². The molecular weight excluding hydrogens is 304 g/mol. The fourth-order valence-electron chi connectivity index (χ4n) is 1.72. The largest absolute Gasteiger partial charge is 0.320 e. The highest BCUT2D eigenvalue weighted by Gasteiger charge is 2.17. The highest BCUT2D eigenvalue weighted by molar-refractivity contribution is 7.94. The Hall–Kier alpha value is -1.81. The summed E-state index contributed by atoms with van der Waals surface area (Å²) >= 11 is 1.28. The number of nitrogens with two attached hydrogens (primary N) is 1. The van der Waals surface area contributed by atoms with Crippen LogP contribution >= 0.6 is 11.3 Å². The van der Waals surface area contributed by atoms with Gasteiger partial charge >= 0.3 is 0 Å². The van der Waals surface area contributed by atoms with Crippen LogP contribution in [0.2, 0.25) is 0 Å². The summed E-state index contributed by atoms with van der Waals surface area (Å²) in [5.74, 6) is 5.59. The second-order valence-electron chi connectivity index (χ2n) is 4.23. The third kappa shape index (κ3) is 3.85. The smallest absolute Gasteiger partial charge is 0.271 e. The first kappa shape index (κ1) is 15.6. The quantitative estimate of drug-likeness (QED) is 0.850. The topological polar surface area (TPSA) is 72.2 Å². The van der Waals surface area contributed by atoms with E-state index >= 15 is 0 Å². The molecule has 0 amide bonds. The highest BCUT2D eigenvalue weighted by Crippen LogP contribution is 2.25. The van der Waals surface area contributed by atoms with Gasteiger partial charge in [-0.05, 0) is 30.7 Å². The third-order valence-electron chi connectivity index (χ3n) is 2.75. The van der Waals surface area contributed by atoms with Crippen LogP contribution in [0.1, 0.15) is 17.4 Å². The lowest BCUT2D eigenvalue weighted by Gasteiger charge is -2.08. The number of hydrogen-bond donors (Lipinski definition) is 2. The van der Waals surface area contributed by atoms with Gasteiger partial charge in [0.05, 0.1) is 12.2 Å². The lowest BCUT2D eigenvalue weighted by molar-refractivity contribution is 0.603. The molecule has 0 aliphatic heterocycles. The van der Waals surface area contributed by atoms with Crippen molar-refractivity contribution in [3.05, 3.63) is 46.8 Å². The SMILES string of the molecule is CCc1ccc(S(=O)(=O)Nc2ccccc2C#CCN)s1. The molecular formula is C15H16N2O2S2. The van der Waals surface area contributed by atoms with Crippen molar-refractivity contribution >= 4 is 27.0 Å².